The van der Waals surface area contributed by atoms with E-state index in [9.17, 15) is 29.1 Å². The van der Waals surface area contributed by atoms with Crippen molar-refractivity contribution in [2.75, 3.05) is 0 Å². The van der Waals surface area contributed by atoms with E-state index in [1.807, 2.05) is 24.5 Å². The van der Waals surface area contributed by atoms with Gasteiger partial charge in [-0.15, -0.1) is 0 Å². The zero-order valence-electron chi connectivity index (χ0n) is 19.8. The van der Waals surface area contributed by atoms with E-state index in [4.69, 9.17) is 4.98 Å². The number of aliphatic carboxylic acids is 1. The summed E-state index contributed by atoms with van der Waals surface area (Å²) < 4.78 is 30.1. The van der Waals surface area contributed by atoms with E-state index < -0.39 is 28.6 Å². The van der Waals surface area contributed by atoms with Crippen LogP contribution < -0.4 is 0 Å². The van der Waals surface area contributed by atoms with E-state index in [1.165, 1.54) is 6.07 Å². The topological polar surface area (TPSA) is 128 Å². The van der Waals surface area contributed by atoms with Crippen LogP contribution in [0.5, 0.6) is 0 Å². The van der Waals surface area contributed by atoms with Crippen LogP contribution in [0.25, 0.3) is 27.8 Å². The van der Waals surface area contributed by atoms with Crippen LogP contribution in [-0.2, 0) is 10.2 Å². The lowest BCUT2D eigenvalue weighted by atomic mass is 9.73. The summed E-state index contributed by atoms with van der Waals surface area (Å²) in [6.45, 7) is 3.82. The van der Waals surface area contributed by atoms with Crippen molar-refractivity contribution in [3.05, 3.63) is 53.4 Å². The van der Waals surface area contributed by atoms with Crippen LogP contribution in [0.3, 0.4) is 0 Å². The van der Waals surface area contributed by atoms with Gasteiger partial charge in [-0.05, 0) is 49.8 Å². The number of rotatable bonds is 5. The number of aliphatic hydroxyl groups is 1. The van der Waals surface area contributed by atoms with Gasteiger partial charge in [0.05, 0.1) is 23.3 Å². The molecule has 186 valence electrons. The molecule has 5 rings (SSSR count). The summed E-state index contributed by atoms with van der Waals surface area (Å²) in [5.74, 6) is -3.38. The molecule has 0 aliphatic heterocycles. The Labute approximate surface area is 205 Å². The standard InChI is InChI=1S/C26H25F2N5O3/c1-25(2,9-10-29)22-20(14-5-7-26(36,8-6-14)24(34)35)21-19(11-15-13-30-32-23(15)31-21)33(22)16-3-4-17(27)18(28)12-16/h3-4,11-14,36H,5-9H2,1-2H3,(H,34,35)(H,30,31,32). The van der Waals surface area contributed by atoms with Gasteiger partial charge in [0, 0.05) is 40.2 Å². The van der Waals surface area contributed by atoms with Gasteiger partial charge in [0.1, 0.15) is 0 Å². The van der Waals surface area contributed by atoms with Gasteiger partial charge >= 0.3 is 5.97 Å². The highest BCUT2D eigenvalue weighted by Crippen LogP contribution is 2.47. The molecule has 36 heavy (non-hydrogen) atoms. The molecular formula is C26H25F2N5O3. The van der Waals surface area contributed by atoms with Gasteiger partial charge in [-0.2, -0.15) is 10.4 Å². The Morgan fingerprint density at radius 2 is 2.00 bits per heavy atom. The van der Waals surface area contributed by atoms with Gasteiger partial charge in [-0.3, -0.25) is 5.10 Å². The van der Waals surface area contributed by atoms with E-state index >= 15 is 0 Å². The largest absolute Gasteiger partial charge is 0.479 e. The molecule has 0 radical (unpaired) electrons. The maximum absolute atomic E-state index is 14.4. The Balaban J connectivity index is 1.83. The first-order valence-electron chi connectivity index (χ1n) is 11.7. The molecule has 3 aromatic heterocycles. The number of H-pyrrole nitrogens is 1. The highest BCUT2D eigenvalue weighted by Gasteiger charge is 2.43. The molecule has 3 heterocycles. The number of nitriles is 1. The fraction of sp³-hybridized carbons (Fsp3) is 0.385. The molecule has 8 nitrogen and oxygen atoms in total. The summed E-state index contributed by atoms with van der Waals surface area (Å²) in [4.78, 5) is 16.5. The maximum atomic E-state index is 14.4. The predicted octanol–water partition coefficient (Wildman–Crippen LogP) is 4.84. The number of nitrogens with one attached hydrogen (secondary N) is 1. The molecule has 0 spiro atoms. The van der Waals surface area contributed by atoms with E-state index in [0.717, 1.165) is 28.8 Å². The molecule has 0 amide bonds. The fourth-order valence-corrected chi connectivity index (χ4v) is 5.42. The molecule has 0 bridgehead atoms. The van der Waals surface area contributed by atoms with Crippen LogP contribution in [-0.4, -0.2) is 41.5 Å². The van der Waals surface area contributed by atoms with Crippen LogP contribution >= 0.6 is 0 Å². The summed E-state index contributed by atoms with van der Waals surface area (Å²) in [6.07, 6.45) is 2.67. The molecule has 3 N–H and O–H groups in total. The summed E-state index contributed by atoms with van der Waals surface area (Å²) in [5.41, 5.74) is 1.22. The zero-order valence-corrected chi connectivity index (χ0v) is 19.8. The number of aromatic amines is 1. The molecule has 1 aliphatic rings. The van der Waals surface area contributed by atoms with Crippen LogP contribution in [0.1, 0.15) is 63.1 Å². The minimum atomic E-state index is -1.79. The van der Waals surface area contributed by atoms with Gasteiger partial charge in [0.25, 0.3) is 0 Å². The average Bonchev–Trinajstić information content (AvgIpc) is 3.42. The van der Waals surface area contributed by atoms with E-state index in [-0.39, 0.29) is 25.2 Å². The Morgan fingerprint density at radius 1 is 1.28 bits per heavy atom. The zero-order chi connectivity index (χ0) is 25.8. The number of carboxylic acids is 1. The van der Waals surface area contributed by atoms with Crippen LogP contribution in [0.4, 0.5) is 8.78 Å². The lowest BCUT2D eigenvalue weighted by Crippen LogP contribution is -2.41. The van der Waals surface area contributed by atoms with Crippen LogP contribution in [0.2, 0.25) is 0 Å². The first kappa shape index (κ1) is 23.9. The van der Waals surface area contributed by atoms with Crippen LogP contribution in [0.15, 0.2) is 30.5 Å². The number of hydrogen-bond donors (Lipinski definition) is 3. The van der Waals surface area contributed by atoms with Crippen molar-refractivity contribution in [2.24, 2.45) is 0 Å². The number of carboxylic acid groups (broad SMARTS) is 1. The molecule has 4 aromatic rings. The maximum Gasteiger partial charge on any atom is 0.335 e. The number of pyridine rings is 1. The number of aromatic nitrogens is 4. The van der Waals surface area contributed by atoms with Crippen molar-refractivity contribution in [3.63, 3.8) is 0 Å². The number of fused-ring (bicyclic) bond motifs is 2. The number of hydrogen-bond acceptors (Lipinski definition) is 5. The van der Waals surface area contributed by atoms with Crippen molar-refractivity contribution < 1.29 is 23.8 Å². The SMILES string of the molecule is CC(C)(CC#N)c1c(C2CCC(O)(C(=O)O)CC2)c2nc3[nH]ncc3cc2n1-c1ccc(F)c(F)c1. The lowest BCUT2D eigenvalue weighted by Gasteiger charge is -2.35. The molecule has 1 aliphatic carbocycles. The molecular weight excluding hydrogens is 468 g/mol. The van der Waals surface area contributed by atoms with Gasteiger partial charge < -0.3 is 14.8 Å². The highest BCUT2D eigenvalue weighted by atomic mass is 19.2. The van der Waals surface area contributed by atoms with Crippen molar-refractivity contribution in [1.29, 1.82) is 5.26 Å². The first-order valence-corrected chi connectivity index (χ1v) is 11.7. The minimum absolute atomic E-state index is 0.0648. The van der Waals surface area contributed by atoms with E-state index in [1.54, 1.807) is 6.20 Å². The average molecular weight is 494 g/mol. The third kappa shape index (κ3) is 3.71. The van der Waals surface area contributed by atoms with Crippen LogP contribution in [0, 0.1) is 23.0 Å². The molecule has 1 aromatic carbocycles. The lowest BCUT2D eigenvalue weighted by molar-refractivity contribution is -0.162. The van der Waals surface area contributed by atoms with Crippen molar-refractivity contribution in [2.45, 2.75) is 62.9 Å². The number of nitrogens with zero attached hydrogens (tertiary/aromatic N) is 4. The van der Waals surface area contributed by atoms with Gasteiger partial charge in [0.2, 0.25) is 0 Å². The predicted molar refractivity (Wildman–Crippen MR) is 128 cm³/mol. The third-order valence-electron chi connectivity index (χ3n) is 7.32. The number of carbonyl (C=O) groups is 1. The summed E-state index contributed by atoms with van der Waals surface area (Å²) in [6, 6.07) is 7.77. The summed E-state index contributed by atoms with van der Waals surface area (Å²) in [5, 5.41) is 37.3. The second kappa shape index (κ2) is 8.38. The summed E-state index contributed by atoms with van der Waals surface area (Å²) >= 11 is 0. The van der Waals surface area contributed by atoms with E-state index in [2.05, 4.69) is 16.3 Å². The van der Waals surface area contributed by atoms with Crippen molar-refractivity contribution in [1.82, 2.24) is 19.7 Å². The fourth-order valence-electron chi connectivity index (χ4n) is 5.42. The Morgan fingerprint density at radius 3 is 2.64 bits per heavy atom. The second-order valence-electron chi connectivity index (χ2n) is 10.2. The molecule has 1 fully saturated rings. The molecule has 1 saturated carbocycles. The monoisotopic (exact) mass is 493 g/mol. The van der Waals surface area contributed by atoms with E-state index in [0.29, 0.717) is 35.2 Å². The van der Waals surface area contributed by atoms with Gasteiger partial charge in [-0.1, -0.05) is 13.8 Å². The Bertz CT molecular complexity index is 1540. The Hall–Kier alpha value is -3.84. The number of halogens is 2. The normalized spacial score (nSPS) is 20.6. The molecule has 10 heteroatoms. The summed E-state index contributed by atoms with van der Waals surface area (Å²) in [7, 11) is 0. The minimum Gasteiger partial charge on any atom is -0.479 e. The van der Waals surface area contributed by atoms with Crippen molar-refractivity contribution >= 4 is 28.0 Å². The third-order valence-corrected chi connectivity index (χ3v) is 7.32. The van der Waals surface area contributed by atoms with Crippen molar-refractivity contribution in [3.8, 4) is 11.8 Å². The molecule has 0 saturated heterocycles. The first-order chi connectivity index (χ1) is 17.1. The number of benzene rings is 1. The highest BCUT2D eigenvalue weighted by molar-refractivity contribution is 5.94. The smallest absolute Gasteiger partial charge is 0.335 e. The van der Waals surface area contributed by atoms with Gasteiger partial charge in [0.15, 0.2) is 22.9 Å². The Kier molecular flexibility index (Phi) is 5.56. The van der Waals surface area contributed by atoms with Gasteiger partial charge in [-0.25, -0.2) is 18.6 Å². The molecule has 0 unspecified atom stereocenters. The quantitative estimate of drug-likeness (QED) is 0.365. The second-order valence-corrected chi connectivity index (χ2v) is 10.2. The molecule has 0 atom stereocenters.